The van der Waals surface area contributed by atoms with Gasteiger partial charge in [-0.25, -0.2) is 4.79 Å². The lowest BCUT2D eigenvalue weighted by atomic mass is 9.89. The molecule has 4 heterocycles. The lowest BCUT2D eigenvalue weighted by molar-refractivity contribution is -0.324. The van der Waals surface area contributed by atoms with Gasteiger partial charge in [-0.3, -0.25) is 0 Å². The van der Waals surface area contributed by atoms with Crippen LogP contribution < -0.4 is 5.73 Å². The summed E-state index contributed by atoms with van der Waals surface area (Å²) in [5.41, 5.74) is 5.89. The van der Waals surface area contributed by atoms with Crippen LogP contribution >= 0.6 is 0 Å². The Morgan fingerprint density at radius 3 is 2.26 bits per heavy atom. The number of nitrogens with two attached hydrogens (primary N) is 1. The molecule has 4 aliphatic heterocycles. The molecule has 0 spiro atoms. The van der Waals surface area contributed by atoms with Crippen molar-refractivity contribution in [2.24, 2.45) is 5.73 Å². The summed E-state index contributed by atoms with van der Waals surface area (Å²) in [6, 6.07) is -1.25. The van der Waals surface area contributed by atoms with Crippen LogP contribution in [0.5, 0.6) is 0 Å². The van der Waals surface area contributed by atoms with Crippen molar-refractivity contribution in [3.05, 3.63) is 0 Å². The number of carboxylic acid groups (broad SMARTS) is 1. The van der Waals surface area contributed by atoms with E-state index in [4.69, 9.17) is 44.0 Å². The van der Waals surface area contributed by atoms with E-state index in [0.29, 0.717) is 0 Å². The standard InChI is InChI=1S/C21H35NO13/c1-19(2)31-13-10(30-17-16(15(13)32-19)33-20(3,4)35-17)7-29-21(18(27)28)5-8(24)11(22)14(34-21)12(26)9(25)6-23/h8-17,23-26H,5-7,22H2,1-4H3,(H,27,28)/t8-,9+,10+,11+,12+,13-,14+,15-,16+,17+,21+/m0/s1. The molecule has 0 amide bonds. The molecule has 11 atom stereocenters. The first-order valence-electron chi connectivity index (χ1n) is 11.5. The van der Waals surface area contributed by atoms with Crippen molar-refractivity contribution in [1.82, 2.24) is 0 Å². The Morgan fingerprint density at radius 2 is 1.63 bits per heavy atom. The summed E-state index contributed by atoms with van der Waals surface area (Å²) in [7, 11) is 0. The molecule has 0 saturated carbocycles. The lowest BCUT2D eigenvalue weighted by Gasteiger charge is -2.46. The third-order valence-electron chi connectivity index (χ3n) is 6.60. The number of aliphatic hydroxyl groups is 4. The zero-order valence-electron chi connectivity index (χ0n) is 20.0. The number of aliphatic carboxylic acids is 1. The van der Waals surface area contributed by atoms with E-state index < -0.39 is 97.5 Å². The molecule has 0 bridgehead atoms. The molecule has 4 fully saturated rings. The predicted octanol–water partition coefficient (Wildman–Crippen LogP) is -2.63. The van der Waals surface area contributed by atoms with Gasteiger partial charge in [0.15, 0.2) is 17.9 Å². The van der Waals surface area contributed by atoms with Gasteiger partial charge in [-0.15, -0.1) is 0 Å². The number of hydrogen-bond donors (Lipinski definition) is 6. The van der Waals surface area contributed by atoms with Gasteiger partial charge in [0, 0.05) is 6.42 Å². The number of carboxylic acids is 1. The molecule has 4 rings (SSSR count). The van der Waals surface area contributed by atoms with Gasteiger partial charge in [0.05, 0.1) is 25.4 Å². The van der Waals surface area contributed by atoms with Gasteiger partial charge in [-0.2, -0.15) is 0 Å². The summed E-state index contributed by atoms with van der Waals surface area (Å²) in [4.78, 5) is 12.3. The molecular weight excluding hydrogens is 474 g/mol. The van der Waals surface area contributed by atoms with Crippen LogP contribution in [0.4, 0.5) is 0 Å². The fourth-order valence-electron chi connectivity index (χ4n) is 4.94. The maximum atomic E-state index is 12.3. The largest absolute Gasteiger partial charge is 0.477 e. The van der Waals surface area contributed by atoms with Crippen LogP contribution in [-0.2, 0) is 38.0 Å². The molecule has 35 heavy (non-hydrogen) atoms. The van der Waals surface area contributed by atoms with Gasteiger partial charge in [-0.05, 0) is 27.7 Å². The smallest absolute Gasteiger partial charge is 0.364 e. The lowest BCUT2D eigenvalue weighted by Crippen LogP contribution is -2.67. The van der Waals surface area contributed by atoms with Gasteiger partial charge < -0.3 is 64.4 Å². The molecule has 7 N–H and O–H groups in total. The normalized spacial score (nSPS) is 46.0. The second-order valence-corrected chi connectivity index (χ2v) is 10.2. The molecule has 0 aromatic heterocycles. The Bertz CT molecular complexity index is 795. The summed E-state index contributed by atoms with van der Waals surface area (Å²) in [5.74, 6) is -5.95. The first kappa shape index (κ1) is 27.0. The summed E-state index contributed by atoms with van der Waals surface area (Å²) < 4.78 is 41.0. The fourth-order valence-corrected chi connectivity index (χ4v) is 4.94. The average molecular weight is 510 g/mol. The van der Waals surface area contributed by atoms with Gasteiger partial charge in [-0.1, -0.05) is 0 Å². The predicted molar refractivity (Wildman–Crippen MR) is 111 cm³/mol. The van der Waals surface area contributed by atoms with Crippen molar-refractivity contribution >= 4 is 5.97 Å². The van der Waals surface area contributed by atoms with E-state index in [1.165, 1.54) is 0 Å². The van der Waals surface area contributed by atoms with Crippen molar-refractivity contribution in [1.29, 1.82) is 0 Å². The number of hydrogen-bond acceptors (Lipinski definition) is 13. The van der Waals surface area contributed by atoms with Crippen LogP contribution in [0.15, 0.2) is 0 Å². The van der Waals surface area contributed by atoms with Crippen molar-refractivity contribution < 1.29 is 63.5 Å². The highest BCUT2D eigenvalue weighted by atomic mass is 16.9. The third-order valence-corrected chi connectivity index (χ3v) is 6.60. The minimum absolute atomic E-state index is 0.382. The third kappa shape index (κ3) is 5.08. The Labute approximate surface area is 201 Å². The number of fused-ring (bicyclic) bond motifs is 3. The zero-order chi connectivity index (χ0) is 25.9. The van der Waals surface area contributed by atoms with Crippen molar-refractivity contribution in [2.45, 2.75) is 113 Å². The van der Waals surface area contributed by atoms with E-state index in [1.807, 2.05) is 0 Å². The summed E-state index contributed by atoms with van der Waals surface area (Å²) >= 11 is 0. The number of carbonyl (C=O) groups is 1. The van der Waals surface area contributed by atoms with Crippen LogP contribution in [-0.4, -0.2) is 123 Å². The van der Waals surface area contributed by atoms with Crippen molar-refractivity contribution in [3.63, 3.8) is 0 Å². The Balaban J connectivity index is 1.54. The van der Waals surface area contributed by atoms with E-state index >= 15 is 0 Å². The maximum absolute atomic E-state index is 12.3. The molecule has 0 aromatic rings. The highest BCUT2D eigenvalue weighted by Gasteiger charge is 2.62. The molecule has 0 aliphatic carbocycles. The molecule has 4 saturated heterocycles. The first-order chi connectivity index (χ1) is 16.2. The van der Waals surface area contributed by atoms with E-state index in [-0.39, 0.29) is 6.61 Å². The number of rotatable bonds is 7. The fraction of sp³-hybridized carbons (Fsp3) is 0.952. The Hall–Kier alpha value is -1.01. The van der Waals surface area contributed by atoms with Crippen LogP contribution in [0.2, 0.25) is 0 Å². The molecule has 202 valence electrons. The zero-order valence-corrected chi connectivity index (χ0v) is 20.0. The molecule has 14 heteroatoms. The van der Waals surface area contributed by atoms with Crippen LogP contribution in [0, 0.1) is 0 Å². The average Bonchev–Trinajstić information content (AvgIpc) is 3.26. The molecule has 0 radical (unpaired) electrons. The molecule has 14 nitrogen and oxygen atoms in total. The van der Waals surface area contributed by atoms with E-state index in [1.54, 1.807) is 27.7 Å². The second kappa shape index (κ2) is 9.38. The molecule has 4 aliphatic rings. The second-order valence-electron chi connectivity index (χ2n) is 10.2. The Kier molecular flexibility index (Phi) is 7.25. The van der Waals surface area contributed by atoms with Crippen LogP contribution in [0.1, 0.15) is 34.1 Å². The van der Waals surface area contributed by atoms with E-state index in [9.17, 15) is 25.2 Å². The number of aliphatic hydroxyl groups excluding tert-OH is 4. The van der Waals surface area contributed by atoms with E-state index in [0.717, 1.165) is 0 Å². The topological polar surface area (TPSA) is 209 Å². The van der Waals surface area contributed by atoms with Gasteiger partial charge in [0.1, 0.15) is 42.7 Å². The Morgan fingerprint density at radius 1 is 1.03 bits per heavy atom. The van der Waals surface area contributed by atoms with Crippen molar-refractivity contribution in [2.75, 3.05) is 13.2 Å². The quantitative estimate of drug-likeness (QED) is 0.207. The first-order valence-corrected chi connectivity index (χ1v) is 11.5. The van der Waals surface area contributed by atoms with Crippen molar-refractivity contribution in [3.8, 4) is 0 Å². The van der Waals surface area contributed by atoms with E-state index in [2.05, 4.69) is 0 Å². The minimum Gasteiger partial charge on any atom is -0.477 e. The molecular formula is C21H35NO13. The highest BCUT2D eigenvalue weighted by molar-refractivity contribution is 5.76. The summed E-state index contributed by atoms with van der Waals surface area (Å²) in [6.45, 7) is 5.67. The monoisotopic (exact) mass is 509 g/mol. The molecule has 0 aromatic carbocycles. The maximum Gasteiger partial charge on any atom is 0.364 e. The molecule has 0 unspecified atom stereocenters. The van der Waals surface area contributed by atoms with Crippen LogP contribution in [0.25, 0.3) is 0 Å². The van der Waals surface area contributed by atoms with Gasteiger partial charge in [0.2, 0.25) is 0 Å². The van der Waals surface area contributed by atoms with Crippen LogP contribution in [0.3, 0.4) is 0 Å². The SMILES string of the molecule is CC1(C)O[C@H]2[C@@H](O1)[C@@H](CO[C@]1(C(=O)O)C[C@H](O)[C@@H](N)[C@H]([C@H](O)[C@H](O)CO)O1)O[C@@H]1OC(C)(C)O[C@@H]12. The van der Waals surface area contributed by atoms with Gasteiger partial charge >= 0.3 is 5.97 Å². The minimum atomic E-state index is -2.44. The summed E-state index contributed by atoms with van der Waals surface area (Å²) in [6.07, 6.45) is -10.7. The van der Waals surface area contributed by atoms with Gasteiger partial charge in [0.25, 0.3) is 5.79 Å². The summed E-state index contributed by atoms with van der Waals surface area (Å²) in [5, 5.41) is 49.7. The highest BCUT2D eigenvalue weighted by Crippen LogP contribution is 2.44. The number of ether oxygens (including phenoxy) is 7.